The van der Waals surface area contributed by atoms with Crippen LogP contribution in [0.2, 0.25) is 0 Å². The molecule has 0 spiro atoms. The first-order valence-corrected chi connectivity index (χ1v) is 6.63. The summed E-state index contributed by atoms with van der Waals surface area (Å²) in [4.78, 5) is 21.8. The molecule has 11 heteroatoms. The zero-order valence-electron chi connectivity index (χ0n) is 12.1. The van der Waals surface area contributed by atoms with E-state index in [9.17, 15) is 18.0 Å². The molecule has 3 aromatic heterocycles. The molecule has 0 saturated carbocycles. The first kappa shape index (κ1) is 15.8. The van der Waals surface area contributed by atoms with Crippen LogP contribution in [0.1, 0.15) is 11.5 Å². The second-order valence-electron chi connectivity index (χ2n) is 4.78. The molecule has 0 aliphatic carbocycles. The number of halogens is 3. The van der Waals surface area contributed by atoms with Crippen LogP contribution in [0.25, 0.3) is 23.3 Å². The van der Waals surface area contributed by atoms with E-state index in [0.717, 1.165) is 5.69 Å². The fourth-order valence-corrected chi connectivity index (χ4v) is 1.80. The number of carbonyl (C=O) groups excluding carboxylic acids is 1. The number of furan rings is 1. The van der Waals surface area contributed by atoms with Crippen LogP contribution in [-0.2, 0) is 11.3 Å². The van der Waals surface area contributed by atoms with Gasteiger partial charge in [0, 0.05) is 11.9 Å². The molecule has 8 nitrogen and oxygen atoms in total. The molecule has 0 radical (unpaired) electrons. The molecule has 0 atom stereocenters. The summed E-state index contributed by atoms with van der Waals surface area (Å²) in [6.45, 7) is 1.39. The van der Waals surface area contributed by atoms with Gasteiger partial charge in [0.15, 0.2) is 11.6 Å². The zero-order valence-corrected chi connectivity index (χ0v) is 12.1. The van der Waals surface area contributed by atoms with Crippen LogP contribution in [0.5, 0.6) is 0 Å². The SMILES string of the molecule is Cc1cnc(-c2noc(-c3ccc(CNC(=O)C(F)(F)F)o3)n2)[nH]1. The molecule has 3 rings (SSSR count). The van der Waals surface area contributed by atoms with Crippen LogP contribution in [0.3, 0.4) is 0 Å². The average molecular weight is 341 g/mol. The third-order valence-corrected chi connectivity index (χ3v) is 2.89. The van der Waals surface area contributed by atoms with Gasteiger partial charge in [0.1, 0.15) is 5.76 Å². The molecule has 24 heavy (non-hydrogen) atoms. The van der Waals surface area contributed by atoms with Crippen molar-refractivity contribution in [2.75, 3.05) is 0 Å². The highest BCUT2D eigenvalue weighted by atomic mass is 19.4. The Morgan fingerprint density at radius 3 is 2.83 bits per heavy atom. The Balaban J connectivity index is 1.70. The summed E-state index contributed by atoms with van der Waals surface area (Å²) in [6, 6.07) is 2.84. The highest BCUT2D eigenvalue weighted by molar-refractivity contribution is 5.81. The number of imidazole rings is 1. The predicted molar refractivity (Wildman–Crippen MR) is 72.2 cm³/mol. The van der Waals surface area contributed by atoms with Crippen molar-refractivity contribution in [1.82, 2.24) is 25.4 Å². The van der Waals surface area contributed by atoms with E-state index in [1.54, 1.807) is 11.5 Å². The molecular weight excluding hydrogens is 331 g/mol. The normalized spacial score (nSPS) is 11.7. The van der Waals surface area contributed by atoms with Gasteiger partial charge >= 0.3 is 12.1 Å². The summed E-state index contributed by atoms with van der Waals surface area (Å²) >= 11 is 0. The van der Waals surface area contributed by atoms with Gasteiger partial charge in [0.2, 0.25) is 5.82 Å². The van der Waals surface area contributed by atoms with Crippen LogP contribution in [-0.4, -0.2) is 32.2 Å². The van der Waals surface area contributed by atoms with Crippen molar-refractivity contribution >= 4 is 5.91 Å². The second kappa shape index (κ2) is 5.83. The van der Waals surface area contributed by atoms with E-state index in [1.807, 2.05) is 6.92 Å². The Labute approximate surface area is 132 Å². The standard InChI is InChI=1S/C13H10F3N5O3/c1-6-4-17-9(19-6)10-20-11(24-21-10)8-3-2-7(23-8)5-18-12(22)13(14,15)16/h2-4H,5H2,1H3,(H,17,19)(H,18,22). The summed E-state index contributed by atoms with van der Waals surface area (Å²) < 4.78 is 46.6. The molecule has 0 saturated heterocycles. The Kier molecular flexibility index (Phi) is 3.83. The fraction of sp³-hybridized carbons (Fsp3) is 0.231. The number of aryl methyl sites for hydroxylation is 1. The number of nitrogens with zero attached hydrogens (tertiary/aromatic N) is 3. The summed E-state index contributed by atoms with van der Waals surface area (Å²) in [5.41, 5.74) is 0.817. The van der Waals surface area contributed by atoms with Crippen LogP contribution < -0.4 is 5.32 Å². The number of nitrogens with one attached hydrogen (secondary N) is 2. The van der Waals surface area contributed by atoms with E-state index in [-0.39, 0.29) is 23.2 Å². The van der Waals surface area contributed by atoms with Crippen molar-refractivity contribution in [1.29, 1.82) is 0 Å². The van der Waals surface area contributed by atoms with Gasteiger partial charge < -0.3 is 19.2 Å². The van der Waals surface area contributed by atoms with Crippen molar-refractivity contribution in [3.05, 3.63) is 29.8 Å². The van der Waals surface area contributed by atoms with E-state index in [0.29, 0.717) is 5.82 Å². The van der Waals surface area contributed by atoms with Crippen molar-refractivity contribution < 1.29 is 26.9 Å². The molecule has 2 N–H and O–H groups in total. The van der Waals surface area contributed by atoms with Crippen LogP contribution >= 0.6 is 0 Å². The molecule has 3 heterocycles. The Morgan fingerprint density at radius 2 is 2.17 bits per heavy atom. The molecule has 126 valence electrons. The summed E-state index contributed by atoms with van der Waals surface area (Å²) in [7, 11) is 0. The largest absolute Gasteiger partial charge is 0.471 e. The van der Waals surface area contributed by atoms with Crippen molar-refractivity contribution in [2.24, 2.45) is 0 Å². The Bertz CT molecular complexity index is 864. The third-order valence-electron chi connectivity index (χ3n) is 2.89. The summed E-state index contributed by atoms with van der Waals surface area (Å²) in [5, 5.41) is 5.43. The highest BCUT2D eigenvalue weighted by Crippen LogP contribution is 2.23. The number of H-pyrrole nitrogens is 1. The van der Waals surface area contributed by atoms with Gasteiger partial charge in [-0.25, -0.2) is 4.98 Å². The average Bonchev–Trinajstić information content (AvgIpc) is 3.23. The molecule has 0 aromatic carbocycles. The third kappa shape index (κ3) is 3.29. The highest BCUT2D eigenvalue weighted by Gasteiger charge is 2.38. The number of rotatable bonds is 4. The molecule has 0 aliphatic rings. The van der Waals surface area contributed by atoms with Crippen LogP contribution in [0.15, 0.2) is 27.3 Å². The van der Waals surface area contributed by atoms with Gasteiger partial charge in [0.05, 0.1) is 6.54 Å². The fourth-order valence-electron chi connectivity index (χ4n) is 1.80. The lowest BCUT2D eigenvalue weighted by Crippen LogP contribution is -2.36. The minimum absolute atomic E-state index is 0.0347. The van der Waals surface area contributed by atoms with Crippen LogP contribution in [0, 0.1) is 6.92 Å². The zero-order chi connectivity index (χ0) is 17.3. The lowest BCUT2D eigenvalue weighted by molar-refractivity contribution is -0.173. The number of alkyl halides is 3. The number of aromatic amines is 1. The first-order valence-electron chi connectivity index (χ1n) is 6.63. The van der Waals surface area contributed by atoms with Gasteiger partial charge in [-0.15, -0.1) is 0 Å². The number of aromatic nitrogens is 4. The van der Waals surface area contributed by atoms with Crippen molar-refractivity contribution in [2.45, 2.75) is 19.6 Å². The van der Waals surface area contributed by atoms with Crippen LogP contribution in [0.4, 0.5) is 13.2 Å². The molecule has 1 amide bonds. The van der Waals surface area contributed by atoms with Gasteiger partial charge in [0.25, 0.3) is 5.89 Å². The lowest BCUT2D eigenvalue weighted by Gasteiger charge is -2.05. The molecule has 0 aliphatic heterocycles. The maximum absolute atomic E-state index is 12.1. The van der Waals surface area contributed by atoms with E-state index >= 15 is 0 Å². The van der Waals surface area contributed by atoms with E-state index in [2.05, 4.69) is 20.1 Å². The maximum atomic E-state index is 12.1. The smallest absolute Gasteiger partial charge is 0.454 e. The van der Waals surface area contributed by atoms with Crippen molar-refractivity contribution in [3.8, 4) is 23.3 Å². The second-order valence-corrected chi connectivity index (χ2v) is 4.78. The number of carbonyl (C=O) groups is 1. The summed E-state index contributed by atoms with van der Waals surface area (Å²) in [5.74, 6) is -1.13. The molecule has 3 aromatic rings. The number of hydrogen-bond donors (Lipinski definition) is 2. The van der Waals surface area contributed by atoms with E-state index in [4.69, 9.17) is 8.94 Å². The van der Waals surface area contributed by atoms with E-state index < -0.39 is 18.6 Å². The molecule has 0 unspecified atom stereocenters. The minimum Gasteiger partial charge on any atom is -0.454 e. The molecule has 0 fully saturated rings. The molecule has 0 bridgehead atoms. The molecular formula is C13H10F3N5O3. The van der Waals surface area contributed by atoms with Gasteiger partial charge in [-0.2, -0.15) is 18.2 Å². The number of amides is 1. The lowest BCUT2D eigenvalue weighted by atomic mass is 10.4. The minimum atomic E-state index is -4.95. The number of hydrogen-bond acceptors (Lipinski definition) is 6. The summed E-state index contributed by atoms with van der Waals surface area (Å²) in [6.07, 6.45) is -3.35. The van der Waals surface area contributed by atoms with Gasteiger partial charge in [-0.05, 0) is 19.1 Å². The van der Waals surface area contributed by atoms with Gasteiger partial charge in [-0.3, -0.25) is 4.79 Å². The van der Waals surface area contributed by atoms with E-state index in [1.165, 1.54) is 12.1 Å². The first-order chi connectivity index (χ1) is 11.3. The Hall–Kier alpha value is -3.11. The maximum Gasteiger partial charge on any atom is 0.471 e. The van der Waals surface area contributed by atoms with Crippen molar-refractivity contribution in [3.63, 3.8) is 0 Å². The van der Waals surface area contributed by atoms with Gasteiger partial charge in [-0.1, -0.05) is 5.16 Å². The Morgan fingerprint density at radius 1 is 1.38 bits per heavy atom. The predicted octanol–water partition coefficient (Wildman–Crippen LogP) is 2.21. The topological polar surface area (TPSA) is 110 Å². The monoisotopic (exact) mass is 341 g/mol. The quantitative estimate of drug-likeness (QED) is 0.753.